The van der Waals surface area contributed by atoms with Crippen molar-refractivity contribution >= 4 is 47.2 Å². The molecule has 0 N–H and O–H groups in total. The zero-order valence-electron chi connectivity index (χ0n) is 20.5. The molecule has 4 amide bonds. The fourth-order valence-electron chi connectivity index (χ4n) is 3.88. The van der Waals surface area contributed by atoms with Crippen LogP contribution in [0.4, 0.5) is 0 Å². The average Bonchev–Trinajstić information content (AvgIpc) is 3.17. The van der Waals surface area contributed by atoms with Crippen molar-refractivity contribution < 1.29 is 23.9 Å². The fourth-order valence-corrected chi connectivity index (χ4v) is 6.18. The zero-order valence-corrected chi connectivity index (χ0v) is 22.2. The molecule has 2 unspecified atom stereocenters. The van der Waals surface area contributed by atoms with Crippen molar-refractivity contribution in [2.24, 2.45) is 11.8 Å². The quantitative estimate of drug-likeness (QED) is 0.236. The van der Waals surface area contributed by atoms with E-state index in [-0.39, 0.29) is 73.3 Å². The van der Waals surface area contributed by atoms with Gasteiger partial charge in [0.15, 0.2) is 0 Å². The van der Waals surface area contributed by atoms with Crippen molar-refractivity contribution in [1.29, 1.82) is 0 Å². The number of ether oxygens (including phenoxy) is 1. The predicted molar refractivity (Wildman–Crippen MR) is 134 cm³/mol. The van der Waals surface area contributed by atoms with Gasteiger partial charge in [0.1, 0.15) is 0 Å². The maximum atomic E-state index is 12.5. The van der Waals surface area contributed by atoms with E-state index in [2.05, 4.69) is 27.7 Å². The lowest BCUT2D eigenvalue weighted by Gasteiger charge is -2.17. The first-order chi connectivity index (χ1) is 15.7. The minimum Gasteiger partial charge on any atom is -0.378 e. The lowest BCUT2D eigenvalue weighted by molar-refractivity contribution is -0.139. The molecule has 2 atom stereocenters. The molecule has 0 spiro atoms. The monoisotopic (exact) mass is 500 g/mol. The van der Waals surface area contributed by atoms with Gasteiger partial charge in [-0.1, -0.05) is 40.5 Å². The van der Waals surface area contributed by atoms with E-state index in [1.165, 1.54) is 9.80 Å². The number of thioether (sulfide) groups is 2. The Morgan fingerprint density at radius 3 is 1.52 bits per heavy atom. The van der Waals surface area contributed by atoms with Crippen LogP contribution >= 0.6 is 23.5 Å². The van der Waals surface area contributed by atoms with Crippen molar-refractivity contribution in [2.75, 3.05) is 37.8 Å². The summed E-state index contributed by atoms with van der Waals surface area (Å²) in [6.07, 6.45) is 4.87. The SMILES string of the molecule is CC(C)CCCSC1CC(=O)N(CCOCCN2C(=O)CC(SCCCC(C)C)C2=O)C1=O. The van der Waals surface area contributed by atoms with Gasteiger partial charge in [-0.25, -0.2) is 0 Å². The summed E-state index contributed by atoms with van der Waals surface area (Å²) in [5.74, 6) is 2.53. The Bertz CT molecular complexity index is 630. The van der Waals surface area contributed by atoms with Gasteiger partial charge in [-0.15, -0.1) is 23.5 Å². The number of rotatable bonds is 16. The van der Waals surface area contributed by atoms with Crippen molar-refractivity contribution in [3.63, 3.8) is 0 Å². The molecule has 2 aliphatic heterocycles. The van der Waals surface area contributed by atoms with Crippen LogP contribution in [0.5, 0.6) is 0 Å². The highest BCUT2D eigenvalue weighted by atomic mass is 32.2. The summed E-state index contributed by atoms with van der Waals surface area (Å²) >= 11 is 3.15. The second-order valence-corrected chi connectivity index (χ2v) is 12.2. The molecule has 9 heteroatoms. The van der Waals surface area contributed by atoms with E-state index >= 15 is 0 Å². The molecule has 0 radical (unpaired) electrons. The van der Waals surface area contributed by atoms with Gasteiger partial charge >= 0.3 is 0 Å². The van der Waals surface area contributed by atoms with E-state index in [4.69, 9.17) is 4.74 Å². The maximum Gasteiger partial charge on any atom is 0.242 e. The summed E-state index contributed by atoms with van der Waals surface area (Å²) in [5.41, 5.74) is 0. The molecule has 2 fully saturated rings. The van der Waals surface area contributed by atoms with Gasteiger partial charge in [0.25, 0.3) is 0 Å². The average molecular weight is 501 g/mol. The van der Waals surface area contributed by atoms with Gasteiger partial charge < -0.3 is 4.74 Å². The van der Waals surface area contributed by atoms with E-state index in [0.29, 0.717) is 11.8 Å². The van der Waals surface area contributed by atoms with Crippen LogP contribution < -0.4 is 0 Å². The molecule has 33 heavy (non-hydrogen) atoms. The van der Waals surface area contributed by atoms with E-state index in [1.807, 2.05) is 0 Å². The normalized spacial score (nSPS) is 21.5. The van der Waals surface area contributed by atoms with Crippen LogP contribution in [0, 0.1) is 11.8 Å². The van der Waals surface area contributed by atoms with Gasteiger partial charge in [0.2, 0.25) is 23.6 Å². The smallest absolute Gasteiger partial charge is 0.242 e. The first kappa shape index (κ1) is 28.2. The molecule has 0 aromatic heterocycles. The molecule has 2 heterocycles. The molecule has 7 nitrogen and oxygen atoms in total. The van der Waals surface area contributed by atoms with Gasteiger partial charge in [-0.2, -0.15) is 0 Å². The fraction of sp³-hybridized carbons (Fsp3) is 0.833. The van der Waals surface area contributed by atoms with Crippen LogP contribution in [-0.2, 0) is 23.9 Å². The number of amides is 4. The number of carbonyl (C=O) groups excluding carboxylic acids is 4. The first-order valence-corrected chi connectivity index (χ1v) is 14.3. The topological polar surface area (TPSA) is 84.0 Å². The number of likely N-dealkylation sites (tertiary alicyclic amines) is 2. The number of hydrogen-bond donors (Lipinski definition) is 0. The molecule has 0 aromatic carbocycles. The minimum absolute atomic E-state index is 0.125. The van der Waals surface area contributed by atoms with Crippen LogP contribution in [0.15, 0.2) is 0 Å². The number of carbonyl (C=O) groups is 4. The Morgan fingerprint density at radius 2 is 1.15 bits per heavy atom. The van der Waals surface area contributed by atoms with E-state index < -0.39 is 0 Å². The van der Waals surface area contributed by atoms with E-state index in [9.17, 15) is 19.2 Å². The lowest BCUT2D eigenvalue weighted by Crippen LogP contribution is -2.36. The Kier molecular flexibility index (Phi) is 12.3. The molecule has 188 valence electrons. The third-order valence-corrected chi connectivity index (χ3v) is 8.40. The van der Waals surface area contributed by atoms with Gasteiger partial charge in [0.05, 0.1) is 36.8 Å². The van der Waals surface area contributed by atoms with Crippen LogP contribution in [-0.4, -0.2) is 81.7 Å². The third-order valence-electron chi connectivity index (χ3n) is 5.81. The molecule has 2 saturated heterocycles. The Morgan fingerprint density at radius 1 is 0.758 bits per heavy atom. The highest BCUT2D eigenvalue weighted by Crippen LogP contribution is 2.27. The van der Waals surface area contributed by atoms with Crippen LogP contribution in [0.1, 0.15) is 66.2 Å². The van der Waals surface area contributed by atoms with Gasteiger partial charge in [0, 0.05) is 12.8 Å². The van der Waals surface area contributed by atoms with Crippen molar-refractivity contribution in [3.05, 3.63) is 0 Å². The second-order valence-electron chi connectivity index (χ2n) is 9.58. The molecule has 0 saturated carbocycles. The maximum absolute atomic E-state index is 12.5. The van der Waals surface area contributed by atoms with E-state index in [0.717, 1.165) is 37.2 Å². The molecule has 0 bridgehead atoms. The van der Waals surface area contributed by atoms with Crippen molar-refractivity contribution in [3.8, 4) is 0 Å². The lowest BCUT2D eigenvalue weighted by atomic mass is 10.1. The summed E-state index contributed by atoms with van der Waals surface area (Å²) in [6.45, 7) is 9.58. The third kappa shape index (κ3) is 9.25. The summed E-state index contributed by atoms with van der Waals surface area (Å²) < 4.78 is 5.57. The summed E-state index contributed by atoms with van der Waals surface area (Å²) in [7, 11) is 0. The molecule has 2 aliphatic rings. The van der Waals surface area contributed by atoms with Gasteiger partial charge in [-0.05, 0) is 36.2 Å². The number of imide groups is 2. The summed E-state index contributed by atoms with van der Waals surface area (Å²) in [5, 5.41) is -0.557. The van der Waals surface area contributed by atoms with Crippen LogP contribution in [0.25, 0.3) is 0 Å². The van der Waals surface area contributed by atoms with Crippen molar-refractivity contribution in [2.45, 2.75) is 76.7 Å². The molecular formula is C24H40N2O5S2. The predicted octanol–water partition coefficient (Wildman–Crippen LogP) is 3.60. The Labute approximate surface area is 207 Å². The highest BCUT2D eigenvalue weighted by Gasteiger charge is 2.39. The zero-order chi connectivity index (χ0) is 24.4. The number of nitrogens with zero attached hydrogens (tertiary/aromatic N) is 2. The minimum atomic E-state index is -0.278. The van der Waals surface area contributed by atoms with Gasteiger partial charge in [-0.3, -0.25) is 29.0 Å². The molecule has 0 aromatic rings. The van der Waals surface area contributed by atoms with Crippen LogP contribution in [0.2, 0.25) is 0 Å². The van der Waals surface area contributed by atoms with Crippen molar-refractivity contribution in [1.82, 2.24) is 9.80 Å². The summed E-state index contributed by atoms with van der Waals surface area (Å²) in [4.78, 5) is 52.0. The Hall–Kier alpha value is -1.06. The second kappa shape index (κ2) is 14.4. The molecular weight excluding hydrogens is 460 g/mol. The molecule has 2 rings (SSSR count). The van der Waals surface area contributed by atoms with Crippen LogP contribution in [0.3, 0.4) is 0 Å². The standard InChI is InChI=1S/C24H40N2O5S2/c1-17(2)7-5-13-32-19-15-21(27)25(23(19)29)9-11-31-12-10-26-22(28)16-20(24(26)30)33-14-6-8-18(3)4/h17-20H,5-16H2,1-4H3. The highest BCUT2D eigenvalue weighted by molar-refractivity contribution is 8.00. The molecule has 0 aliphatic carbocycles. The largest absolute Gasteiger partial charge is 0.378 e. The number of hydrogen-bond acceptors (Lipinski definition) is 7. The first-order valence-electron chi connectivity index (χ1n) is 12.2. The van der Waals surface area contributed by atoms with E-state index in [1.54, 1.807) is 23.5 Å². The Balaban J connectivity index is 1.62. The summed E-state index contributed by atoms with van der Waals surface area (Å²) in [6, 6.07) is 0.